The van der Waals surface area contributed by atoms with Crippen molar-refractivity contribution in [2.75, 3.05) is 13.2 Å². The number of carbonyl (C=O) groups is 1. The molecule has 0 bridgehead atoms. The number of amides is 2. The molecule has 1 aromatic rings. The lowest BCUT2D eigenvalue weighted by molar-refractivity contribution is 0.163. The predicted molar refractivity (Wildman–Crippen MR) is 85.6 cm³/mol. The number of rotatable bonds is 8. The molecule has 0 fully saturated rings. The van der Waals surface area contributed by atoms with Gasteiger partial charge in [0.05, 0.1) is 11.7 Å². The molecule has 22 heavy (non-hydrogen) atoms. The van der Waals surface area contributed by atoms with Gasteiger partial charge in [-0.3, -0.25) is 0 Å². The monoisotopic (exact) mass is 311 g/mol. The van der Waals surface area contributed by atoms with E-state index in [4.69, 9.17) is 4.52 Å². The Bertz CT molecular complexity index is 461. The van der Waals surface area contributed by atoms with Crippen molar-refractivity contribution >= 4 is 6.03 Å². The third kappa shape index (κ3) is 4.47. The standard InChI is InChI=1S/C16H29N3O3/c1-6-16(7-2,8-9-20)10-17-15(21)18-11(3)14-12(4)19-22-13(14)5/h11,20H,6-10H2,1-5H3,(H2,17,18,21). The van der Waals surface area contributed by atoms with Gasteiger partial charge in [0.2, 0.25) is 0 Å². The Balaban J connectivity index is 2.59. The number of nitrogens with zero attached hydrogens (tertiary/aromatic N) is 1. The topological polar surface area (TPSA) is 87.4 Å². The van der Waals surface area contributed by atoms with Crippen molar-refractivity contribution in [3.63, 3.8) is 0 Å². The van der Waals surface area contributed by atoms with Crippen LogP contribution in [0.15, 0.2) is 4.52 Å². The van der Waals surface area contributed by atoms with Crippen LogP contribution in [0.5, 0.6) is 0 Å². The summed E-state index contributed by atoms with van der Waals surface area (Å²) in [6.07, 6.45) is 2.53. The number of aromatic nitrogens is 1. The molecule has 0 aliphatic heterocycles. The highest BCUT2D eigenvalue weighted by molar-refractivity contribution is 5.74. The van der Waals surface area contributed by atoms with Gasteiger partial charge in [0, 0.05) is 18.7 Å². The molecule has 3 N–H and O–H groups in total. The average molecular weight is 311 g/mol. The highest BCUT2D eigenvalue weighted by Gasteiger charge is 2.26. The molecule has 1 aromatic heterocycles. The van der Waals surface area contributed by atoms with Crippen LogP contribution in [0.4, 0.5) is 4.79 Å². The lowest BCUT2D eigenvalue weighted by Gasteiger charge is -2.31. The van der Waals surface area contributed by atoms with Crippen LogP contribution in [0, 0.1) is 19.3 Å². The molecule has 6 heteroatoms. The van der Waals surface area contributed by atoms with E-state index in [-0.39, 0.29) is 24.1 Å². The van der Waals surface area contributed by atoms with Crippen LogP contribution in [0.1, 0.15) is 63.1 Å². The minimum Gasteiger partial charge on any atom is -0.396 e. The SMILES string of the molecule is CCC(CC)(CCO)CNC(=O)NC(C)c1c(C)noc1C. The van der Waals surface area contributed by atoms with Crippen LogP contribution in [0.2, 0.25) is 0 Å². The number of hydrogen-bond donors (Lipinski definition) is 3. The minimum absolute atomic E-state index is 0.0433. The van der Waals surface area contributed by atoms with Gasteiger partial charge in [-0.2, -0.15) is 0 Å². The van der Waals surface area contributed by atoms with Gasteiger partial charge in [0.25, 0.3) is 0 Å². The zero-order chi connectivity index (χ0) is 16.8. The minimum atomic E-state index is -0.211. The zero-order valence-electron chi connectivity index (χ0n) is 14.3. The van der Waals surface area contributed by atoms with Crippen LogP contribution in [-0.4, -0.2) is 29.4 Å². The number of carbonyl (C=O) groups excluding carboxylic acids is 1. The summed E-state index contributed by atoms with van der Waals surface area (Å²) in [6, 6.07) is -0.376. The van der Waals surface area contributed by atoms with Crippen LogP contribution in [0.25, 0.3) is 0 Å². The molecule has 126 valence electrons. The van der Waals surface area contributed by atoms with Crippen LogP contribution < -0.4 is 10.6 Å². The van der Waals surface area contributed by atoms with Gasteiger partial charge in [-0.1, -0.05) is 19.0 Å². The molecular weight excluding hydrogens is 282 g/mol. The fourth-order valence-corrected chi connectivity index (χ4v) is 2.87. The third-order valence-corrected chi connectivity index (χ3v) is 4.64. The van der Waals surface area contributed by atoms with Crippen molar-refractivity contribution in [2.45, 2.75) is 59.9 Å². The van der Waals surface area contributed by atoms with Crippen molar-refractivity contribution in [1.82, 2.24) is 15.8 Å². The number of aryl methyl sites for hydroxylation is 2. The molecule has 0 saturated heterocycles. The number of aliphatic hydroxyl groups excluding tert-OH is 1. The molecule has 1 rings (SSSR count). The summed E-state index contributed by atoms with van der Waals surface area (Å²) in [5, 5.41) is 19.0. The highest BCUT2D eigenvalue weighted by Crippen LogP contribution is 2.29. The first-order chi connectivity index (χ1) is 10.4. The van der Waals surface area contributed by atoms with Gasteiger partial charge in [-0.25, -0.2) is 4.79 Å². The van der Waals surface area contributed by atoms with Crippen molar-refractivity contribution in [3.05, 3.63) is 17.0 Å². The van der Waals surface area contributed by atoms with Gasteiger partial charge in [-0.15, -0.1) is 0 Å². The van der Waals surface area contributed by atoms with Crippen molar-refractivity contribution in [1.29, 1.82) is 0 Å². The maximum atomic E-state index is 12.1. The van der Waals surface area contributed by atoms with E-state index < -0.39 is 0 Å². The Kier molecular flexibility index (Phi) is 6.87. The summed E-state index contributed by atoms with van der Waals surface area (Å²) in [4.78, 5) is 12.1. The summed E-state index contributed by atoms with van der Waals surface area (Å²) < 4.78 is 5.13. The van der Waals surface area contributed by atoms with Crippen molar-refractivity contribution in [2.24, 2.45) is 5.41 Å². The summed E-state index contributed by atoms with van der Waals surface area (Å²) in [7, 11) is 0. The van der Waals surface area contributed by atoms with Crippen LogP contribution >= 0.6 is 0 Å². The Labute approximate surface area is 132 Å². The van der Waals surface area contributed by atoms with Gasteiger partial charge in [-0.05, 0) is 45.4 Å². The summed E-state index contributed by atoms with van der Waals surface area (Å²) in [5.74, 6) is 0.724. The van der Waals surface area contributed by atoms with E-state index >= 15 is 0 Å². The summed E-state index contributed by atoms with van der Waals surface area (Å²) in [5.41, 5.74) is 1.67. The molecule has 0 spiro atoms. The smallest absolute Gasteiger partial charge is 0.315 e. The Morgan fingerprint density at radius 1 is 1.36 bits per heavy atom. The third-order valence-electron chi connectivity index (χ3n) is 4.64. The number of nitrogens with one attached hydrogen (secondary N) is 2. The van der Waals surface area contributed by atoms with Gasteiger partial charge >= 0.3 is 6.03 Å². The predicted octanol–water partition coefficient (Wildman–Crippen LogP) is 2.84. The number of aliphatic hydroxyl groups is 1. The first-order valence-electron chi connectivity index (χ1n) is 7.97. The van der Waals surface area contributed by atoms with E-state index in [1.165, 1.54) is 0 Å². The quantitative estimate of drug-likeness (QED) is 0.689. The average Bonchev–Trinajstić information content (AvgIpc) is 2.82. The fraction of sp³-hybridized carbons (Fsp3) is 0.750. The molecule has 0 aliphatic carbocycles. The maximum Gasteiger partial charge on any atom is 0.315 e. The summed E-state index contributed by atoms with van der Waals surface area (Å²) >= 11 is 0. The lowest BCUT2D eigenvalue weighted by atomic mass is 9.79. The van der Waals surface area contributed by atoms with Crippen molar-refractivity contribution in [3.8, 4) is 0 Å². The molecule has 0 aliphatic rings. The highest BCUT2D eigenvalue weighted by atomic mass is 16.5. The molecule has 2 amide bonds. The van der Waals surface area contributed by atoms with Gasteiger partial charge < -0.3 is 20.3 Å². The largest absolute Gasteiger partial charge is 0.396 e. The molecule has 0 saturated carbocycles. The normalized spacial score (nSPS) is 13.0. The molecule has 0 aromatic carbocycles. The molecular formula is C16H29N3O3. The van der Waals surface area contributed by atoms with Gasteiger partial charge in [0.1, 0.15) is 5.76 Å². The molecule has 0 radical (unpaired) electrons. The molecule has 1 unspecified atom stereocenters. The van der Waals surface area contributed by atoms with E-state index in [1.807, 2.05) is 20.8 Å². The van der Waals surface area contributed by atoms with E-state index in [0.717, 1.165) is 29.9 Å². The molecule has 1 atom stereocenters. The number of urea groups is 1. The van der Waals surface area contributed by atoms with Gasteiger partial charge in [0.15, 0.2) is 0 Å². The second-order valence-electron chi connectivity index (χ2n) is 5.97. The Morgan fingerprint density at radius 2 is 2.00 bits per heavy atom. The first kappa shape index (κ1) is 18.5. The Morgan fingerprint density at radius 3 is 2.45 bits per heavy atom. The maximum absolute atomic E-state index is 12.1. The lowest BCUT2D eigenvalue weighted by Crippen LogP contribution is -2.43. The summed E-state index contributed by atoms with van der Waals surface area (Å²) in [6.45, 7) is 10.5. The van der Waals surface area contributed by atoms with Crippen molar-refractivity contribution < 1.29 is 14.4 Å². The second kappa shape index (κ2) is 8.17. The Hall–Kier alpha value is -1.56. The fourth-order valence-electron chi connectivity index (χ4n) is 2.87. The van der Waals surface area contributed by atoms with E-state index in [9.17, 15) is 9.90 Å². The number of hydrogen-bond acceptors (Lipinski definition) is 4. The molecule has 1 heterocycles. The molecule has 6 nitrogen and oxygen atoms in total. The van der Waals surface area contributed by atoms with E-state index in [1.54, 1.807) is 0 Å². The van der Waals surface area contributed by atoms with Crippen LogP contribution in [0.3, 0.4) is 0 Å². The van der Waals surface area contributed by atoms with E-state index in [2.05, 4.69) is 29.6 Å². The first-order valence-corrected chi connectivity index (χ1v) is 7.97. The van der Waals surface area contributed by atoms with E-state index in [0.29, 0.717) is 13.0 Å². The zero-order valence-corrected chi connectivity index (χ0v) is 14.3. The van der Waals surface area contributed by atoms with Crippen LogP contribution in [-0.2, 0) is 0 Å². The second-order valence-corrected chi connectivity index (χ2v) is 5.97.